The van der Waals surface area contributed by atoms with Crippen molar-refractivity contribution in [2.24, 2.45) is 0 Å². The monoisotopic (exact) mass is 559 g/mol. The van der Waals surface area contributed by atoms with E-state index in [1.54, 1.807) is 44.9 Å². The smallest absolute Gasteiger partial charge is 0.407 e. The van der Waals surface area contributed by atoms with E-state index in [0.29, 0.717) is 29.9 Å². The van der Waals surface area contributed by atoms with Crippen LogP contribution in [0.2, 0.25) is 0 Å². The second kappa shape index (κ2) is 11.6. The fourth-order valence-corrected chi connectivity index (χ4v) is 4.74. The van der Waals surface area contributed by atoms with Crippen molar-refractivity contribution in [1.82, 2.24) is 24.9 Å². The molecule has 4 rings (SSSR count). The molecule has 1 fully saturated rings. The summed E-state index contributed by atoms with van der Waals surface area (Å²) >= 11 is 0. The molecule has 0 aromatic carbocycles. The van der Waals surface area contributed by atoms with Gasteiger partial charge in [-0.25, -0.2) is 27.9 Å². The summed E-state index contributed by atoms with van der Waals surface area (Å²) < 4.78 is 41.1. The molecule has 3 aromatic rings. The molecule has 0 radical (unpaired) electrons. The molecule has 1 amide bonds. The van der Waals surface area contributed by atoms with Gasteiger partial charge in [-0.1, -0.05) is 0 Å². The molecular formula is C27H35F2N7O4. The topological polar surface area (TPSA) is 137 Å². The van der Waals surface area contributed by atoms with E-state index in [4.69, 9.17) is 15.2 Å². The van der Waals surface area contributed by atoms with Crippen LogP contribution in [0.25, 0.3) is 5.65 Å². The molecule has 216 valence electrons. The van der Waals surface area contributed by atoms with Gasteiger partial charge in [-0.2, -0.15) is 0 Å². The third-order valence-corrected chi connectivity index (χ3v) is 6.43. The summed E-state index contributed by atoms with van der Waals surface area (Å²) in [5.41, 5.74) is 6.65. The van der Waals surface area contributed by atoms with Crippen LogP contribution in [0, 0.1) is 5.82 Å². The van der Waals surface area contributed by atoms with Gasteiger partial charge in [0.2, 0.25) is 0 Å². The molecule has 3 N–H and O–H groups in total. The molecule has 11 nitrogen and oxygen atoms in total. The molecule has 1 aliphatic heterocycles. The summed E-state index contributed by atoms with van der Waals surface area (Å²) in [6.45, 7) is 9.02. The lowest BCUT2D eigenvalue weighted by Gasteiger charge is -2.27. The fraction of sp³-hybridized carbons (Fsp3) is 0.519. The lowest BCUT2D eigenvalue weighted by Crippen LogP contribution is -2.38. The normalized spacial score (nSPS) is 18.1. The van der Waals surface area contributed by atoms with Crippen LogP contribution in [0.15, 0.2) is 24.5 Å². The number of esters is 1. The maximum atomic E-state index is 14.9. The first-order valence-corrected chi connectivity index (χ1v) is 13.2. The van der Waals surface area contributed by atoms with Crippen LogP contribution in [0.3, 0.4) is 0 Å². The number of carbonyl (C=O) groups is 2. The number of amides is 1. The van der Waals surface area contributed by atoms with Gasteiger partial charge in [-0.3, -0.25) is 4.98 Å². The Morgan fingerprint density at radius 1 is 1.32 bits per heavy atom. The van der Waals surface area contributed by atoms with Crippen LogP contribution in [-0.2, 0) is 15.9 Å². The third kappa shape index (κ3) is 6.57. The number of fused-ring (bicyclic) bond motifs is 1. The number of nitrogens with one attached hydrogen (secondary N) is 1. The second-order valence-electron chi connectivity index (χ2n) is 10.8. The molecule has 3 aromatic heterocycles. The van der Waals surface area contributed by atoms with Gasteiger partial charge in [0, 0.05) is 24.4 Å². The summed E-state index contributed by atoms with van der Waals surface area (Å²) in [5.74, 6) is -0.863. The standard InChI is InChI=1S/C27H35F2N7O4/c1-6-39-25(37)22-23(30)34-36-10-9-21(33-24(22)36)35-14-17(29)12-20(35)18-11-16(28)13-31-19(18)8-7-15(2)32-26(38)40-27(3,4)5/h9-11,13,15,17,20H,6-8,12,14H2,1-5H3,(H2,30,34)(H,32,38)/t15-,17+,20-/m1/s1. The van der Waals surface area contributed by atoms with Crippen LogP contribution in [0.5, 0.6) is 0 Å². The molecule has 3 atom stereocenters. The Hall–Kier alpha value is -4.03. The van der Waals surface area contributed by atoms with E-state index in [1.165, 1.54) is 10.6 Å². The van der Waals surface area contributed by atoms with Crippen molar-refractivity contribution in [3.63, 3.8) is 0 Å². The number of alkyl halides is 1. The number of pyridine rings is 1. The molecule has 0 unspecified atom stereocenters. The second-order valence-corrected chi connectivity index (χ2v) is 10.8. The molecule has 0 saturated carbocycles. The zero-order valence-electron chi connectivity index (χ0n) is 23.3. The van der Waals surface area contributed by atoms with Gasteiger partial charge >= 0.3 is 12.1 Å². The fourth-order valence-electron chi connectivity index (χ4n) is 4.74. The largest absolute Gasteiger partial charge is 0.462 e. The predicted molar refractivity (Wildman–Crippen MR) is 144 cm³/mol. The quantitative estimate of drug-likeness (QED) is 0.390. The van der Waals surface area contributed by atoms with E-state index in [-0.39, 0.29) is 42.6 Å². The Kier molecular flexibility index (Phi) is 8.40. The number of halogens is 2. The van der Waals surface area contributed by atoms with Gasteiger partial charge in [0.15, 0.2) is 11.5 Å². The Bertz CT molecular complexity index is 1390. The summed E-state index contributed by atoms with van der Waals surface area (Å²) in [6.07, 6.45) is 1.98. The number of aromatic nitrogens is 4. The highest BCUT2D eigenvalue weighted by molar-refractivity contribution is 6.00. The van der Waals surface area contributed by atoms with Gasteiger partial charge < -0.3 is 25.4 Å². The molecule has 0 bridgehead atoms. The molecule has 1 saturated heterocycles. The number of nitrogens with two attached hydrogens (primary N) is 1. The number of nitrogens with zero attached hydrogens (tertiary/aromatic N) is 5. The lowest BCUT2D eigenvalue weighted by molar-refractivity contribution is 0.0502. The van der Waals surface area contributed by atoms with Gasteiger partial charge in [0.25, 0.3) is 0 Å². The Balaban J connectivity index is 1.60. The van der Waals surface area contributed by atoms with Crippen LogP contribution in [-0.4, -0.2) is 62.6 Å². The SMILES string of the molecule is CCOC(=O)c1c(N)nn2ccc(N3C[C@@H](F)C[C@@H]3c3cc(F)cnc3CC[C@@H](C)NC(=O)OC(C)(C)C)nc12. The van der Waals surface area contributed by atoms with Gasteiger partial charge in [-0.15, -0.1) is 5.10 Å². The average Bonchev–Trinajstić information content (AvgIpc) is 3.40. The number of anilines is 2. The predicted octanol–water partition coefficient (Wildman–Crippen LogP) is 4.16. The molecule has 40 heavy (non-hydrogen) atoms. The maximum Gasteiger partial charge on any atom is 0.407 e. The first-order valence-electron chi connectivity index (χ1n) is 13.2. The van der Waals surface area contributed by atoms with Crippen LogP contribution in [0.1, 0.15) is 75.1 Å². The highest BCUT2D eigenvalue weighted by Crippen LogP contribution is 2.38. The van der Waals surface area contributed by atoms with E-state index >= 15 is 0 Å². The number of hydrogen-bond donors (Lipinski definition) is 2. The van der Waals surface area contributed by atoms with E-state index in [2.05, 4.69) is 20.4 Å². The molecular weight excluding hydrogens is 524 g/mol. The number of alkyl carbamates (subject to hydrolysis) is 1. The first kappa shape index (κ1) is 29.0. The Morgan fingerprint density at radius 2 is 2.08 bits per heavy atom. The number of carbonyl (C=O) groups excluding carboxylic acids is 2. The van der Waals surface area contributed by atoms with E-state index in [1.807, 2.05) is 6.92 Å². The van der Waals surface area contributed by atoms with Crippen LogP contribution >= 0.6 is 0 Å². The highest BCUT2D eigenvalue weighted by atomic mass is 19.1. The van der Waals surface area contributed by atoms with Crippen LogP contribution < -0.4 is 16.0 Å². The van der Waals surface area contributed by atoms with E-state index in [0.717, 1.165) is 6.20 Å². The number of rotatable bonds is 8. The Labute approximate surface area is 231 Å². The van der Waals surface area contributed by atoms with Gasteiger partial charge in [0.05, 0.1) is 25.4 Å². The number of aryl methyl sites for hydroxylation is 1. The molecule has 13 heteroatoms. The minimum Gasteiger partial charge on any atom is -0.462 e. The third-order valence-electron chi connectivity index (χ3n) is 6.43. The van der Waals surface area contributed by atoms with Crippen molar-refractivity contribution in [3.8, 4) is 0 Å². The van der Waals surface area contributed by atoms with Crippen molar-refractivity contribution in [3.05, 3.63) is 47.2 Å². The van der Waals surface area contributed by atoms with E-state index < -0.39 is 35.7 Å². The maximum absolute atomic E-state index is 14.9. The van der Waals surface area contributed by atoms with Crippen molar-refractivity contribution < 1.29 is 27.8 Å². The van der Waals surface area contributed by atoms with Crippen molar-refractivity contribution in [2.75, 3.05) is 23.8 Å². The minimum absolute atomic E-state index is 0.0127. The summed E-state index contributed by atoms with van der Waals surface area (Å²) in [4.78, 5) is 35.3. The summed E-state index contributed by atoms with van der Waals surface area (Å²) in [7, 11) is 0. The highest BCUT2D eigenvalue weighted by Gasteiger charge is 2.36. The number of hydrogen-bond acceptors (Lipinski definition) is 9. The van der Waals surface area contributed by atoms with Gasteiger partial charge in [0.1, 0.15) is 29.0 Å². The van der Waals surface area contributed by atoms with Gasteiger partial charge in [-0.05, 0) is 65.2 Å². The molecule has 4 heterocycles. The number of nitrogen functional groups attached to an aromatic ring is 1. The summed E-state index contributed by atoms with van der Waals surface area (Å²) in [5, 5.41) is 6.91. The van der Waals surface area contributed by atoms with Crippen LogP contribution in [0.4, 0.5) is 25.2 Å². The van der Waals surface area contributed by atoms with Crippen molar-refractivity contribution >= 4 is 29.3 Å². The molecule has 0 spiro atoms. The average molecular weight is 560 g/mol. The summed E-state index contributed by atoms with van der Waals surface area (Å²) in [6, 6.07) is 2.19. The first-order chi connectivity index (χ1) is 18.9. The van der Waals surface area contributed by atoms with Crippen molar-refractivity contribution in [1.29, 1.82) is 0 Å². The van der Waals surface area contributed by atoms with Crippen molar-refractivity contribution in [2.45, 2.75) is 77.7 Å². The van der Waals surface area contributed by atoms with E-state index in [9.17, 15) is 18.4 Å². The zero-order valence-corrected chi connectivity index (χ0v) is 23.3. The molecule has 1 aliphatic rings. The minimum atomic E-state index is -1.20. The zero-order chi connectivity index (χ0) is 29.2. The Morgan fingerprint density at radius 3 is 2.77 bits per heavy atom. The lowest BCUT2D eigenvalue weighted by atomic mass is 9.98. The molecule has 0 aliphatic carbocycles. The number of ether oxygens (including phenoxy) is 2.